The van der Waals surface area contributed by atoms with Crippen LogP contribution in [0.4, 0.5) is 10.5 Å². The fourth-order valence-corrected chi connectivity index (χ4v) is 3.77. The molecule has 1 saturated heterocycles. The summed E-state index contributed by atoms with van der Waals surface area (Å²) >= 11 is 0. The number of carbonyl (C=O) groups excluding carboxylic acids is 1. The number of nitrogens with zero attached hydrogens (tertiary/aromatic N) is 1. The molecule has 0 spiro atoms. The summed E-state index contributed by atoms with van der Waals surface area (Å²) in [6, 6.07) is 5.12. The Bertz CT molecular complexity index is 763. The maximum Gasteiger partial charge on any atom is 0.494 e. The highest BCUT2D eigenvalue weighted by Crippen LogP contribution is 2.39. The van der Waals surface area contributed by atoms with Gasteiger partial charge in [-0.15, -0.1) is 0 Å². The number of hydrogen-bond donors (Lipinski definition) is 2. The van der Waals surface area contributed by atoms with E-state index in [-0.39, 0.29) is 11.9 Å². The van der Waals surface area contributed by atoms with E-state index in [0.717, 1.165) is 16.7 Å². The summed E-state index contributed by atoms with van der Waals surface area (Å²) < 4.78 is 12.2. The lowest BCUT2D eigenvalue weighted by molar-refractivity contribution is -0.117. The summed E-state index contributed by atoms with van der Waals surface area (Å²) in [4.78, 5) is 25.1. The summed E-state index contributed by atoms with van der Waals surface area (Å²) in [5.74, 6) is -0.0686. The molecular weight excluding hydrogens is 347 g/mol. The van der Waals surface area contributed by atoms with Crippen molar-refractivity contribution in [2.75, 3.05) is 4.90 Å². The molecule has 146 valence electrons. The molecule has 8 heteroatoms. The zero-order chi connectivity index (χ0) is 20.1. The van der Waals surface area contributed by atoms with Gasteiger partial charge in [0.25, 0.3) is 0 Å². The van der Waals surface area contributed by atoms with Crippen LogP contribution in [0.2, 0.25) is 0 Å². The number of carboxylic acid groups (broad SMARTS) is 1. The first-order valence-corrected chi connectivity index (χ1v) is 9.21. The van der Waals surface area contributed by atoms with Crippen LogP contribution < -0.4 is 15.7 Å². The Balaban J connectivity index is 2.02. The number of amides is 2. The lowest BCUT2D eigenvalue weighted by atomic mass is 9.76. The van der Waals surface area contributed by atoms with E-state index in [0.29, 0.717) is 6.42 Å². The summed E-state index contributed by atoms with van der Waals surface area (Å²) in [5.41, 5.74) is 1.36. The fraction of sp³-hybridized carbons (Fsp3) is 0.579. The van der Waals surface area contributed by atoms with Gasteiger partial charge in [0.2, 0.25) is 5.91 Å². The molecule has 7 nitrogen and oxygen atoms in total. The van der Waals surface area contributed by atoms with E-state index in [1.165, 1.54) is 6.92 Å². The summed E-state index contributed by atoms with van der Waals surface area (Å²) in [6.45, 7) is 11.4. The topological polar surface area (TPSA) is 88.1 Å². The second-order valence-corrected chi connectivity index (χ2v) is 8.38. The molecule has 2 heterocycles. The number of hydrogen-bond acceptors (Lipinski definition) is 4. The van der Waals surface area contributed by atoms with Crippen LogP contribution in [0.15, 0.2) is 18.2 Å². The fourth-order valence-electron chi connectivity index (χ4n) is 3.77. The van der Waals surface area contributed by atoms with Crippen molar-refractivity contribution in [3.63, 3.8) is 0 Å². The maximum absolute atomic E-state index is 12.2. The van der Waals surface area contributed by atoms with Crippen LogP contribution in [0.1, 0.15) is 59.6 Å². The Morgan fingerprint density at radius 1 is 1.22 bits per heavy atom. The van der Waals surface area contributed by atoms with E-state index >= 15 is 0 Å². The number of rotatable bonds is 2. The average Bonchev–Trinajstić information content (AvgIpc) is 2.74. The standard InChI is InChI=1S/C19H27BN2O5/c1-11-9-15(21-17(24)25)14-10-13(7-8-16(14)22(11)12(2)23)20-26-18(3,4)19(5,6)27-20/h7-8,10-11,15,21H,9H2,1-6H3,(H,24,25)/t11-,15+/m0/s1. The third-order valence-corrected chi connectivity index (χ3v) is 5.87. The van der Waals surface area contributed by atoms with Crippen molar-refractivity contribution in [1.29, 1.82) is 0 Å². The average molecular weight is 374 g/mol. The molecule has 1 aromatic rings. The van der Waals surface area contributed by atoms with Crippen molar-refractivity contribution in [3.05, 3.63) is 23.8 Å². The summed E-state index contributed by atoms with van der Waals surface area (Å²) in [5, 5.41) is 11.8. The second-order valence-electron chi connectivity index (χ2n) is 8.38. The molecule has 2 aliphatic heterocycles. The van der Waals surface area contributed by atoms with Gasteiger partial charge in [-0.1, -0.05) is 12.1 Å². The van der Waals surface area contributed by atoms with Crippen LogP contribution in [-0.4, -0.2) is 41.5 Å². The quantitative estimate of drug-likeness (QED) is 0.777. The molecule has 0 saturated carbocycles. The van der Waals surface area contributed by atoms with E-state index in [4.69, 9.17) is 9.31 Å². The van der Waals surface area contributed by atoms with Gasteiger partial charge in [0.05, 0.1) is 17.2 Å². The lowest BCUT2D eigenvalue weighted by Crippen LogP contribution is -2.46. The van der Waals surface area contributed by atoms with E-state index in [2.05, 4.69) is 5.32 Å². The summed E-state index contributed by atoms with van der Waals surface area (Å²) in [6.07, 6.45) is -0.582. The first kappa shape index (κ1) is 19.7. The molecule has 2 atom stereocenters. The predicted octanol–water partition coefficient (Wildman–Crippen LogP) is 2.44. The van der Waals surface area contributed by atoms with Gasteiger partial charge in [-0.25, -0.2) is 4.79 Å². The highest BCUT2D eigenvalue weighted by Gasteiger charge is 2.52. The molecule has 1 fully saturated rings. The Kier molecular flexibility index (Phi) is 4.76. The zero-order valence-corrected chi connectivity index (χ0v) is 16.7. The van der Waals surface area contributed by atoms with Crippen LogP contribution in [-0.2, 0) is 14.1 Å². The highest BCUT2D eigenvalue weighted by molar-refractivity contribution is 6.62. The number of benzene rings is 1. The van der Waals surface area contributed by atoms with Crippen molar-refractivity contribution >= 4 is 30.3 Å². The Morgan fingerprint density at radius 3 is 2.33 bits per heavy atom. The maximum atomic E-state index is 12.2. The second kappa shape index (κ2) is 6.53. The molecule has 0 unspecified atom stereocenters. The molecule has 3 rings (SSSR count). The van der Waals surface area contributed by atoms with Crippen molar-refractivity contribution in [2.45, 2.75) is 71.2 Å². The van der Waals surface area contributed by atoms with Gasteiger partial charge in [-0.05, 0) is 58.1 Å². The van der Waals surface area contributed by atoms with Crippen LogP contribution >= 0.6 is 0 Å². The molecule has 0 aliphatic carbocycles. The molecule has 0 radical (unpaired) electrons. The first-order valence-electron chi connectivity index (χ1n) is 9.21. The molecule has 1 aromatic carbocycles. The molecule has 0 aromatic heterocycles. The van der Waals surface area contributed by atoms with Crippen LogP contribution in [0.25, 0.3) is 0 Å². The third-order valence-electron chi connectivity index (χ3n) is 5.87. The summed E-state index contributed by atoms with van der Waals surface area (Å²) in [7, 11) is -0.545. The van der Waals surface area contributed by atoms with E-state index in [9.17, 15) is 14.7 Å². The number of anilines is 1. The molecule has 0 bridgehead atoms. The van der Waals surface area contributed by atoms with Crippen molar-refractivity contribution in [3.8, 4) is 0 Å². The Hall–Kier alpha value is -2.06. The SMILES string of the molecule is CC(=O)N1c2ccc(B3OC(C)(C)C(C)(C)O3)cc2[C@H](NC(=O)O)C[C@@H]1C. The lowest BCUT2D eigenvalue weighted by Gasteiger charge is -2.39. The van der Waals surface area contributed by atoms with Crippen molar-refractivity contribution in [1.82, 2.24) is 5.32 Å². The highest BCUT2D eigenvalue weighted by atomic mass is 16.7. The van der Waals surface area contributed by atoms with Gasteiger partial charge >= 0.3 is 13.2 Å². The first-order chi connectivity index (χ1) is 12.4. The number of carbonyl (C=O) groups is 2. The van der Waals surface area contributed by atoms with Gasteiger partial charge in [-0.2, -0.15) is 0 Å². The van der Waals surface area contributed by atoms with Crippen LogP contribution in [0.3, 0.4) is 0 Å². The van der Waals surface area contributed by atoms with Gasteiger partial charge in [0, 0.05) is 18.7 Å². The van der Waals surface area contributed by atoms with Crippen molar-refractivity contribution in [2.24, 2.45) is 0 Å². The van der Waals surface area contributed by atoms with E-state index in [1.54, 1.807) is 4.90 Å². The normalized spacial score (nSPS) is 25.9. The van der Waals surface area contributed by atoms with E-state index in [1.807, 2.05) is 52.8 Å². The van der Waals surface area contributed by atoms with Gasteiger partial charge in [-0.3, -0.25) is 4.79 Å². The third kappa shape index (κ3) is 3.43. The molecule has 2 amide bonds. The van der Waals surface area contributed by atoms with Gasteiger partial charge in [0.15, 0.2) is 0 Å². The van der Waals surface area contributed by atoms with Gasteiger partial charge < -0.3 is 24.6 Å². The van der Waals surface area contributed by atoms with E-state index < -0.39 is 30.5 Å². The Morgan fingerprint density at radius 2 is 1.81 bits per heavy atom. The molecular formula is C19H27BN2O5. The number of nitrogens with one attached hydrogen (secondary N) is 1. The molecule has 27 heavy (non-hydrogen) atoms. The number of fused-ring (bicyclic) bond motifs is 1. The smallest absolute Gasteiger partial charge is 0.465 e. The van der Waals surface area contributed by atoms with Gasteiger partial charge in [0.1, 0.15) is 0 Å². The van der Waals surface area contributed by atoms with Crippen LogP contribution in [0.5, 0.6) is 0 Å². The largest absolute Gasteiger partial charge is 0.494 e. The predicted molar refractivity (Wildman–Crippen MR) is 103 cm³/mol. The molecule has 2 aliphatic rings. The Labute approximate surface area is 160 Å². The minimum absolute atomic E-state index is 0.0686. The minimum Gasteiger partial charge on any atom is -0.465 e. The van der Waals surface area contributed by atoms with Crippen molar-refractivity contribution < 1.29 is 24.0 Å². The molecule has 2 N–H and O–H groups in total. The van der Waals surface area contributed by atoms with Crippen LogP contribution in [0, 0.1) is 0 Å². The zero-order valence-electron chi connectivity index (χ0n) is 16.7. The minimum atomic E-state index is -1.09. The monoisotopic (exact) mass is 374 g/mol.